The van der Waals surface area contributed by atoms with Crippen LogP contribution >= 0.6 is 24.0 Å². The van der Waals surface area contributed by atoms with Gasteiger partial charge in [0.15, 0.2) is 5.96 Å². The summed E-state index contributed by atoms with van der Waals surface area (Å²) in [6.45, 7) is 7.69. The molecule has 0 aliphatic carbocycles. The Kier molecular flexibility index (Phi) is 5.53. The lowest BCUT2D eigenvalue weighted by Crippen LogP contribution is -2.49. The van der Waals surface area contributed by atoms with Crippen LogP contribution in [0.3, 0.4) is 0 Å². The van der Waals surface area contributed by atoms with Gasteiger partial charge < -0.3 is 20.1 Å². The Morgan fingerprint density at radius 1 is 1.35 bits per heavy atom. The Bertz CT molecular complexity index is 360. The van der Waals surface area contributed by atoms with Crippen molar-refractivity contribution in [1.82, 2.24) is 10.6 Å². The van der Waals surface area contributed by atoms with Crippen LogP contribution in [-0.2, 0) is 9.47 Å². The molecule has 6 heteroatoms. The van der Waals surface area contributed by atoms with Gasteiger partial charge in [0, 0.05) is 12.0 Å². The highest BCUT2D eigenvalue weighted by molar-refractivity contribution is 14.0. The van der Waals surface area contributed by atoms with Crippen molar-refractivity contribution in [2.75, 3.05) is 26.3 Å². The van der Waals surface area contributed by atoms with Crippen LogP contribution in [0.1, 0.15) is 33.1 Å². The number of rotatable bonds is 4. The molecule has 20 heavy (non-hydrogen) atoms. The van der Waals surface area contributed by atoms with Crippen molar-refractivity contribution in [3.05, 3.63) is 0 Å². The van der Waals surface area contributed by atoms with Crippen molar-refractivity contribution in [2.24, 2.45) is 10.4 Å². The molecule has 0 spiro atoms. The standard InChI is InChI=1S/C14H25N3O2.HI/c1-3-15-13(16-7-14(2)8-18-9-14)17-11-6-10-4-5-12(11)19-10;/h10-12H,3-9H2,1-2H3,(H2,15,16,17);1H. The molecule has 0 saturated carbocycles. The third-order valence-corrected chi connectivity index (χ3v) is 4.29. The van der Waals surface area contributed by atoms with Gasteiger partial charge in [-0.2, -0.15) is 0 Å². The summed E-state index contributed by atoms with van der Waals surface area (Å²) in [5.74, 6) is 0.928. The van der Waals surface area contributed by atoms with E-state index in [0.29, 0.717) is 18.2 Å². The van der Waals surface area contributed by atoms with Crippen molar-refractivity contribution >= 4 is 29.9 Å². The summed E-state index contributed by atoms with van der Waals surface area (Å²) in [6.07, 6.45) is 4.40. The summed E-state index contributed by atoms with van der Waals surface area (Å²) in [4.78, 5) is 4.71. The second-order valence-electron chi connectivity index (χ2n) is 6.36. The number of hydrogen-bond acceptors (Lipinski definition) is 3. The molecular formula is C14H26IN3O2. The van der Waals surface area contributed by atoms with E-state index in [0.717, 1.165) is 38.7 Å². The average Bonchev–Trinajstić information content (AvgIpc) is 2.96. The molecule has 0 aromatic heterocycles. The molecule has 3 aliphatic heterocycles. The van der Waals surface area contributed by atoms with Crippen molar-refractivity contribution in [2.45, 2.75) is 51.4 Å². The van der Waals surface area contributed by atoms with Crippen LogP contribution in [0, 0.1) is 5.41 Å². The van der Waals surface area contributed by atoms with E-state index in [1.165, 1.54) is 12.8 Å². The number of hydrogen-bond donors (Lipinski definition) is 2. The fourth-order valence-electron chi connectivity index (χ4n) is 3.10. The summed E-state index contributed by atoms with van der Waals surface area (Å²) in [6, 6.07) is 0.432. The fraction of sp³-hybridized carbons (Fsp3) is 0.929. The molecular weight excluding hydrogens is 369 g/mol. The van der Waals surface area contributed by atoms with Gasteiger partial charge in [0.25, 0.3) is 0 Å². The van der Waals surface area contributed by atoms with E-state index in [1.54, 1.807) is 0 Å². The van der Waals surface area contributed by atoms with Gasteiger partial charge in [-0.1, -0.05) is 6.92 Å². The second-order valence-corrected chi connectivity index (χ2v) is 6.36. The summed E-state index contributed by atoms with van der Waals surface area (Å²) in [5, 5.41) is 6.87. The number of halogens is 1. The molecule has 3 heterocycles. The van der Waals surface area contributed by atoms with E-state index in [4.69, 9.17) is 14.5 Å². The zero-order chi connectivity index (χ0) is 13.3. The maximum Gasteiger partial charge on any atom is 0.191 e. The molecule has 5 nitrogen and oxygen atoms in total. The van der Waals surface area contributed by atoms with Gasteiger partial charge >= 0.3 is 0 Å². The Morgan fingerprint density at radius 3 is 2.65 bits per heavy atom. The average molecular weight is 395 g/mol. The van der Waals surface area contributed by atoms with Gasteiger partial charge in [-0.05, 0) is 26.2 Å². The first-order valence-electron chi connectivity index (χ1n) is 7.46. The van der Waals surface area contributed by atoms with Crippen molar-refractivity contribution in [1.29, 1.82) is 0 Å². The van der Waals surface area contributed by atoms with Gasteiger partial charge in [-0.25, -0.2) is 0 Å². The lowest BCUT2D eigenvalue weighted by Gasteiger charge is -2.36. The first-order chi connectivity index (χ1) is 9.18. The van der Waals surface area contributed by atoms with Gasteiger partial charge in [0.2, 0.25) is 0 Å². The maximum atomic E-state index is 5.88. The third-order valence-electron chi connectivity index (χ3n) is 4.29. The largest absolute Gasteiger partial charge is 0.380 e. The number of aliphatic imine (C=N–C) groups is 1. The van der Waals surface area contributed by atoms with Crippen LogP contribution < -0.4 is 10.6 Å². The summed E-state index contributed by atoms with van der Waals surface area (Å²) in [5.41, 5.74) is 0.230. The maximum absolute atomic E-state index is 5.88. The number of fused-ring (bicyclic) bond motifs is 2. The summed E-state index contributed by atoms with van der Waals surface area (Å²) < 4.78 is 11.2. The molecule has 3 rings (SSSR count). The van der Waals surface area contributed by atoms with E-state index < -0.39 is 0 Å². The Balaban J connectivity index is 0.00000147. The van der Waals surface area contributed by atoms with Crippen LogP contribution in [0.25, 0.3) is 0 Å². The molecule has 3 aliphatic rings. The zero-order valence-corrected chi connectivity index (χ0v) is 14.7. The Hall–Kier alpha value is -0.0800. The van der Waals surface area contributed by atoms with Crippen molar-refractivity contribution in [3.63, 3.8) is 0 Å². The minimum Gasteiger partial charge on any atom is -0.380 e. The van der Waals surface area contributed by atoms with Gasteiger partial charge in [-0.15, -0.1) is 24.0 Å². The van der Waals surface area contributed by atoms with Gasteiger partial charge in [0.05, 0.1) is 38.0 Å². The molecule has 0 radical (unpaired) electrons. The molecule has 3 fully saturated rings. The molecule has 3 saturated heterocycles. The molecule has 0 aromatic rings. The molecule has 2 N–H and O–H groups in total. The molecule has 116 valence electrons. The van der Waals surface area contributed by atoms with Crippen molar-refractivity contribution < 1.29 is 9.47 Å². The van der Waals surface area contributed by atoms with Crippen LogP contribution in [-0.4, -0.2) is 50.5 Å². The molecule has 0 aromatic carbocycles. The smallest absolute Gasteiger partial charge is 0.191 e. The highest BCUT2D eigenvalue weighted by atomic mass is 127. The second kappa shape index (κ2) is 6.79. The Morgan fingerprint density at radius 2 is 2.15 bits per heavy atom. The molecule has 3 unspecified atom stereocenters. The van der Waals surface area contributed by atoms with E-state index in [-0.39, 0.29) is 29.4 Å². The Labute approximate surface area is 138 Å². The highest BCUT2D eigenvalue weighted by Crippen LogP contribution is 2.34. The van der Waals surface area contributed by atoms with E-state index >= 15 is 0 Å². The first kappa shape index (κ1) is 16.3. The fourth-order valence-corrected chi connectivity index (χ4v) is 3.10. The molecule has 0 amide bonds. The lowest BCUT2D eigenvalue weighted by atomic mass is 9.89. The first-order valence-corrected chi connectivity index (χ1v) is 7.46. The summed E-state index contributed by atoms with van der Waals surface area (Å²) >= 11 is 0. The van der Waals surface area contributed by atoms with Gasteiger partial charge in [-0.3, -0.25) is 4.99 Å². The zero-order valence-electron chi connectivity index (χ0n) is 12.4. The summed E-state index contributed by atoms with van der Waals surface area (Å²) in [7, 11) is 0. The number of nitrogens with one attached hydrogen (secondary N) is 2. The van der Waals surface area contributed by atoms with E-state index in [9.17, 15) is 0 Å². The topological polar surface area (TPSA) is 54.9 Å². The van der Waals surface area contributed by atoms with Crippen LogP contribution in [0.15, 0.2) is 4.99 Å². The predicted octanol–water partition coefficient (Wildman–Crippen LogP) is 1.52. The van der Waals surface area contributed by atoms with E-state index in [2.05, 4.69) is 24.5 Å². The quantitative estimate of drug-likeness (QED) is 0.431. The minimum absolute atomic E-state index is 0. The molecule has 3 atom stereocenters. The van der Waals surface area contributed by atoms with Gasteiger partial charge in [0.1, 0.15) is 0 Å². The predicted molar refractivity (Wildman–Crippen MR) is 89.8 cm³/mol. The normalized spacial score (nSPS) is 34.3. The lowest BCUT2D eigenvalue weighted by molar-refractivity contribution is -0.0945. The minimum atomic E-state index is 0. The van der Waals surface area contributed by atoms with E-state index in [1.807, 2.05) is 0 Å². The van der Waals surface area contributed by atoms with Crippen molar-refractivity contribution in [3.8, 4) is 0 Å². The van der Waals surface area contributed by atoms with Crippen LogP contribution in [0.4, 0.5) is 0 Å². The molecule has 2 bridgehead atoms. The number of nitrogens with zero attached hydrogens (tertiary/aromatic N) is 1. The van der Waals surface area contributed by atoms with Crippen LogP contribution in [0.2, 0.25) is 0 Å². The highest BCUT2D eigenvalue weighted by Gasteiger charge is 2.41. The van der Waals surface area contributed by atoms with Crippen LogP contribution in [0.5, 0.6) is 0 Å². The third kappa shape index (κ3) is 3.57. The number of guanidine groups is 1. The number of ether oxygens (including phenoxy) is 2. The SMILES string of the molecule is CCNC(=NCC1(C)COC1)NC1CC2CCC1O2.I. The monoisotopic (exact) mass is 395 g/mol.